The second kappa shape index (κ2) is 7.58. The number of rotatable bonds is 6. The molecule has 0 saturated heterocycles. The second-order valence-electron chi connectivity index (χ2n) is 5.68. The van der Waals surface area contributed by atoms with Crippen molar-refractivity contribution < 1.29 is 9.53 Å². The average molecular weight is 357 g/mol. The molecule has 0 unspecified atom stereocenters. The summed E-state index contributed by atoms with van der Waals surface area (Å²) in [7, 11) is 1.59. The fourth-order valence-corrected chi connectivity index (χ4v) is 3.47. The highest BCUT2D eigenvalue weighted by molar-refractivity contribution is 7.12. The molecule has 0 bridgehead atoms. The van der Waals surface area contributed by atoms with E-state index in [1.165, 1.54) is 11.3 Å². The molecular formula is C18H19N3O3S. The van der Waals surface area contributed by atoms with Crippen LogP contribution in [-0.4, -0.2) is 41.0 Å². The van der Waals surface area contributed by atoms with Crippen molar-refractivity contribution in [2.75, 3.05) is 20.3 Å². The minimum Gasteiger partial charge on any atom is -0.383 e. The zero-order chi connectivity index (χ0) is 17.8. The third-order valence-corrected chi connectivity index (χ3v) is 4.92. The lowest BCUT2D eigenvalue weighted by Gasteiger charge is -2.21. The van der Waals surface area contributed by atoms with Gasteiger partial charge in [-0.2, -0.15) is 0 Å². The van der Waals surface area contributed by atoms with Gasteiger partial charge >= 0.3 is 0 Å². The number of thiophene rings is 1. The van der Waals surface area contributed by atoms with Crippen molar-refractivity contribution in [1.29, 1.82) is 0 Å². The normalized spacial score (nSPS) is 11.0. The number of aryl methyl sites for hydroxylation is 1. The Balaban J connectivity index is 1.91. The molecule has 6 nitrogen and oxygen atoms in total. The van der Waals surface area contributed by atoms with Crippen molar-refractivity contribution in [2.45, 2.75) is 13.5 Å². The molecule has 3 aromatic rings. The van der Waals surface area contributed by atoms with E-state index in [4.69, 9.17) is 4.74 Å². The number of benzene rings is 1. The van der Waals surface area contributed by atoms with Gasteiger partial charge < -0.3 is 14.6 Å². The summed E-state index contributed by atoms with van der Waals surface area (Å²) >= 11 is 1.41. The highest BCUT2D eigenvalue weighted by Gasteiger charge is 2.20. The van der Waals surface area contributed by atoms with Gasteiger partial charge in [-0.25, -0.2) is 4.98 Å². The van der Waals surface area contributed by atoms with Crippen molar-refractivity contribution in [1.82, 2.24) is 14.9 Å². The number of hydrogen-bond acceptors (Lipinski definition) is 5. The SMILES string of the molecule is COCCN(Cc1nc2ccccc2c(=O)[nH]1)C(=O)c1sccc1C. The highest BCUT2D eigenvalue weighted by atomic mass is 32.1. The average Bonchev–Trinajstić information content (AvgIpc) is 3.04. The topological polar surface area (TPSA) is 75.3 Å². The molecule has 1 amide bonds. The van der Waals surface area contributed by atoms with Crippen molar-refractivity contribution in [2.24, 2.45) is 0 Å². The fourth-order valence-electron chi connectivity index (χ4n) is 2.58. The van der Waals surface area contributed by atoms with Gasteiger partial charge in [-0.3, -0.25) is 9.59 Å². The summed E-state index contributed by atoms with van der Waals surface area (Å²) < 4.78 is 5.12. The monoisotopic (exact) mass is 357 g/mol. The van der Waals surface area contributed by atoms with Gasteiger partial charge in [-0.15, -0.1) is 11.3 Å². The van der Waals surface area contributed by atoms with Crippen molar-refractivity contribution >= 4 is 28.1 Å². The van der Waals surface area contributed by atoms with Gasteiger partial charge in [-0.05, 0) is 36.1 Å². The molecule has 0 spiro atoms. The Morgan fingerprint density at radius 3 is 2.84 bits per heavy atom. The van der Waals surface area contributed by atoms with Crippen LogP contribution in [0.2, 0.25) is 0 Å². The summed E-state index contributed by atoms with van der Waals surface area (Å²) in [5.74, 6) is 0.378. The lowest BCUT2D eigenvalue weighted by atomic mass is 10.2. The number of carbonyl (C=O) groups excluding carboxylic acids is 1. The summed E-state index contributed by atoms with van der Waals surface area (Å²) in [6, 6.07) is 9.07. The Hall–Kier alpha value is -2.51. The second-order valence-corrected chi connectivity index (χ2v) is 6.60. The van der Waals surface area contributed by atoms with Gasteiger partial charge in [0.1, 0.15) is 5.82 Å². The van der Waals surface area contributed by atoms with Crippen LogP contribution in [0, 0.1) is 6.92 Å². The predicted molar refractivity (Wildman–Crippen MR) is 98.0 cm³/mol. The van der Waals surface area contributed by atoms with E-state index in [0.29, 0.717) is 34.8 Å². The first-order valence-electron chi connectivity index (χ1n) is 7.90. The number of aromatic amines is 1. The molecule has 0 radical (unpaired) electrons. The lowest BCUT2D eigenvalue weighted by Crippen LogP contribution is -2.34. The molecule has 0 aliphatic carbocycles. The van der Waals surface area contributed by atoms with E-state index in [1.54, 1.807) is 30.2 Å². The number of aromatic nitrogens is 2. The van der Waals surface area contributed by atoms with E-state index >= 15 is 0 Å². The molecular weight excluding hydrogens is 338 g/mol. The first-order valence-corrected chi connectivity index (χ1v) is 8.78. The Morgan fingerprint density at radius 2 is 2.12 bits per heavy atom. The van der Waals surface area contributed by atoms with Crippen molar-refractivity contribution in [3.63, 3.8) is 0 Å². The van der Waals surface area contributed by atoms with E-state index in [-0.39, 0.29) is 18.0 Å². The summed E-state index contributed by atoms with van der Waals surface area (Å²) in [5, 5.41) is 2.43. The van der Waals surface area contributed by atoms with E-state index in [9.17, 15) is 9.59 Å². The smallest absolute Gasteiger partial charge is 0.264 e. The zero-order valence-corrected chi connectivity index (χ0v) is 14.9. The number of ether oxygens (including phenoxy) is 1. The van der Waals surface area contributed by atoms with Crippen LogP contribution < -0.4 is 5.56 Å². The fraction of sp³-hybridized carbons (Fsp3) is 0.278. The lowest BCUT2D eigenvalue weighted by molar-refractivity contribution is 0.0679. The van der Waals surface area contributed by atoms with Crippen molar-refractivity contribution in [3.05, 3.63) is 62.3 Å². The third-order valence-electron chi connectivity index (χ3n) is 3.91. The minimum atomic E-state index is -0.202. The maximum atomic E-state index is 12.8. The van der Waals surface area contributed by atoms with Crippen LogP contribution in [0.5, 0.6) is 0 Å². The number of H-pyrrole nitrogens is 1. The molecule has 3 rings (SSSR count). The third kappa shape index (κ3) is 3.78. The van der Waals surface area contributed by atoms with Crippen LogP contribution in [-0.2, 0) is 11.3 Å². The highest BCUT2D eigenvalue weighted by Crippen LogP contribution is 2.19. The molecule has 2 heterocycles. The molecule has 1 N–H and O–H groups in total. The summed E-state index contributed by atoms with van der Waals surface area (Å²) in [6.45, 7) is 2.96. The molecule has 0 fully saturated rings. The van der Waals surface area contributed by atoms with Crippen LogP contribution in [0.4, 0.5) is 0 Å². The molecule has 0 saturated carbocycles. The maximum Gasteiger partial charge on any atom is 0.264 e. The first-order chi connectivity index (χ1) is 12.1. The molecule has 0 aliphatic heterocycles. The van der Waals surface area contributed by atoms with Crippen LogP contribution >= 0.6 is 11.3 Å². The Bertz CT molecular complexity index is 948. The summed E-state index contributed by atoms with van der Waals surface area (Å²) in [6.07, 6.45) is 0. The molecule has 0 atom stereocenters. The first kappa shape index (κ1) is 17.3. The minimum absolute atomic E-state index is 0.0830. The van der Waals surface area contributed by atoms with Crippen LogP contribution in [0.1, 0.15) is 21.1 Å². The predicted octanol–water partition coefficient (Wildman–Crippen LogP) is 2.58. The molecule has 2 aromatic heterocycles. The van der Waals surface area contributed by atoms with Gasteiger partial charge in [0.15, 0.2) is 0 Å². The Morgan fingerprint density at radius 1 is 1.32 bits per heavy atom. The van der Waals surface area contributed by atoms with E-state index in [2.05, 4.69) is 9.97 Å². The zero-order valence-electron chi connectivity index (χ0n) is 14.1. The molecule has 7 heteroatoms. The quantitative estimate of drug-likeness (QED) is 0.736. The van der Waals surface area contributed by atoms with Crippen LogP contribution in [0.3, 0.4) is 0 Å². The van der Waals surface area contributed by atoms with Crippen LogP contribution in [0.15, 0.2) is 40.5 Å². The standard InChI is InChI=1S/C18H19N3O3S/c1-12-7-10-25-16(12)18(23)21(8-9-24-2)11-15-19-14-6-4-3-5-13(14)17(22)20-15/h3-7,10H,8-9,11H2,1-2H3,(H,19,20,22). The van der Waals surface area contributed by atoms with Gasteiger partial charge in [0.05, 0.1) is 28.9 Å². The number of nitrogens with one attached hydrogen (secondary N) is 1. The molecule has 25 heavy (non-hydrogen) atoms. The number of methoxy groups -OCH3 is 1. The number of nitrogens with zero attached hydrogens (tertiary/aromatic N) is 2. The Labute approximate surface area is 149 Å². The van der Waals surface area contributed by atoms with Gasteiger partial charge in [0, 0.05) is 13.7 Å². The maximum absolute atomic E-state index is 12.8. The number of hydrogen-bond donors (Lipinski definition) is 1. The van der Waals surface area contributed by atoms with Gasteiger partial charge in [0.2, 0.25) is 0 Å². The largest absolute Gasteiger partial charge is 0.383 e. The summed E-state index contributed by atoms with van der Waals surface area (Å²) in [5.41, 5.74) is 1.36. The van der Waals surface area contributed by atoms with Crippen molar-refractivity contribution in [3.8, 4) is 0 Å². The number of carbonyl (C=O) groups is 1. The van der Waals surface area contributed by atoms with E-state index < -0.39 is 0 Å². The number of fused-ring (bicyclic) bond motifs is 1. The van der Waals surface area contributed by atoms with E-state index in [0.717, 1.165) is 5.56 Å². The molecule has 1 aromatic carbocycles. The van der Waals surface area contributed by atoms with Crippen LogP contribution in [0.25, 0.3) is 10.9 Å². The van der Waals surface area contributed by atoms with Gasteiger partial charge in [0.25, 0.3) is 11.5 Å². The summed E-state index contributed by atoms with van der Waals surface area (Å²) in [4.78, 5) is 34.7. The number of amides is 1. The van der Waals surface area contributed by atoms with E-state index in [1.807, 2.05) is 24.4 Å². The van der Waals surface area contributed by atoms with Gasteiger partial charge in [-0.1, -0.05) is 12.1 Å². The Kier molecular flexibility index (Phi) is 5.25. The molecule has 0 aliphatic rings. The number of para-hydroxylation sites is 1. The molecule has 130 valence electrons.